The summed E-state index contributed by atoms with van der Waals surface area (Å²) in [7, 11) is -2.52. The van der Waals surface area contributed by atoms with Crippen molar-refractivity contribution in [3.63, 3.8) is 0 Å². The molecule has 0 aromatic heterocycles. The molecular formula is C23H33O5P. The van der Waals surface area contributed by atoms with E-state index in [0.717, 1.165) is 22.3 Å². The fourth-order valence-corrected chi connectivity index (χ4v) is 4.06. The van der Waals surface area contributed by atoms with Gasteiger partial charge in [-0.3, -0.25) is 0 Å². The second-order valence-electron chi connectivity index (χ2n) is 9.59. The van der Waals surface area contributed by atoms with Gasteiger partial charge in [0.15, 0.2) is 0 Å². The highest BCUT2D eigenvalue weighted by molar-refractivity contribution is 7.39. The van der Waals surface area contributed by atoms with Crippen LogP contribution in [0.1, 0.15) is 76.6 Å². The molecule has 6 heteroatoms. The Morgan fingerprint density at radius 2 is 1.14 bits per heavy atom. The molecule has 1 unspecified atom stereocenters. The summed E-state index contributed by atoms with van der Waals surface area (Å²) >= 11 is 0. The molecule has 0 amide bonds. The molecule has 0 saturated heterocycles. The molecule has 0 fully saturated rings. The first kappa shape index (κ1) is 23.6. The Balaban J connectivity index is 2.67. The monoisotopic (exact) mass is 420 g/mol. The van der Waals surface area contributed by atoms with E-state index in [9.17, 15) is 20.0 Å². The van der Waals surface area contributed by atoms with Crippen LogP contribution in [0.4, 0.5) is 0 Å². The van der Waals surface area contributed by atoms with Crippen molar-refractivity contribution in [3.8, 4) is 11.5 Å². The van der Waals surface area contributed by atoms with E-state index < -0.39 is 14.7 Å². The summed E-state index contributed by atoms with van der Waals surface area (Å²) in [6.45, 7) is 14.0. The molecule has 0 aliphatic heterocycles. The highest BCUT2D eigenvalue weighted by Crippen LogP contribution is 2.42. The second kappa shape index (κ2) is 8.61. The van der Waals surface area contributed by atoms with E-state index in [4.69, 9.17) is 4.52 Å². The summed E-state index contributed by atoms with van der Waals surface area (Å²) in [5.41, 5.74) is 2.86. The lowest BCUT2D eigenvalue weighted by molar-refractivity contribution is 0.171. The van der Waals surface area contributed by atoms with Crippen LogP contribution in [0.25, 0.3) is 0 Å². The largest absolute Gasteiger partial charge is 0.508 e. The third kappa shape index (κ3) is 5.70. The number of benzene rings is 2. The molecule has 5 nitrogen and oxygen atoms in total. The molecule has 0 heterocycles. The second-order valence-corrected chi connectivity index (χ2v) is 10.3. The van der Waals surface area contributed by atoms with Crippen LogP contribution in [0, 0.1) is 0 Å². The van der Waals surface area contributed by atoms with Crippen molar-refractivity contribution in [2.75, 3.05) is 0 Å². The zero-order valence-electron chi connectivity index (χ0n) is 18.3. The summed E-state index contributed by atoms with van der Waals surface area (Å²) in [5.74, 6) is 0.130. The number of hydrogen-bond donors (Lipinski definition) is 4. The smallest absolute Gasteiger partial charge is 0.327 e. The summed E-state index contributed by atoms with van der Waals surface area (Å²) in [6.07, 6.45) is -0.536. The number of phenolic OH excluding ortho intramolecular Hbond substituents is 2. The Morgan fingerprint density at radius 3 is 1.45 bits per heavy atom. The van der Waals surface area contributed by atoms with Gasteiger partial charge in [-0.15, -0.1) is 0 Å². The maximum absolute atomic E-state index is 10.4. The topological polar surface area (TPSA) is 90.2 Å². The van der Waals surface area contributed by atoms with Crippen LogP contribution in [0.15, 0.2) is 36.4 Å². The zero-order valence-corrected chi connectivity index (χ0v) is 19.2. The van der Waals surface area contributed by atoms with Gasteiger partial charge in [-0.25, -0.2) is 0 Å². The van der Waals surface area contributed by atoms with Crippen molar-refractivity contribution < 1.29 is 24.5 Å². The predicted molar refractivity (Wildman–Crippen MR) is 117 cm³/mol. The van der Waals surface area contributed by atoms with E-state index in [1.54, 1.807) is 19.1 Å². The fourth-order valence-electron chi connectivity index (χ4n) is 3.64. The minimum absolute atomic E-state index is 0.223. The van der Waals surface area contributed by atoms with Gasteiger partial charge in [-0.05, 0) is 52.1 Å². The first-order valence-electron chi connectivity index (χ1n) is 9.73. The molecule has 2 rings (SSSR count). The Bertz CT molecular complexity index is 786. The molecule has 0 spiro atoms. The number of aromatic hydroxyl groups is 2. The van der Waals surface area contributed by atoms with Crippen LogP contribution in [-0.4, -0.2) is 26.1 Å². The minimum Gasteiger partial charge on any atom is -0.508 e. The van der Waals surface area contributed by atoms with E-state index in [0.29, 0.717) is 0 Å². The first-order valence-corrected chi connectivity index (χ1v) is 10.9. The summed E-state index contributed by atoms with van der Waals surface area (Å²) < 4.78 is 5.38. The van der Waals surface area contributed by atoms with Crippen molar-refractivity contribution >= 4 is 8.60 Å². The van der Waals surface area contributed by atoms with Gasteiger partial charge in [0.2, 0.25) is 0 Å². The van der Waals surface area contributed by atoms with E-state index in [1.807, 2.05) is 65.8 Å². The molecule has 0 radical (unpaired) electrons. The molecule has 0 saturated carbocycles. The third-order valence-electron chi connectivity index (χ3n) is 5.11. The average Bonchev–Trinajstić information content (AvgIpc) is 2.55. The standard InChI is InChI=1S/C23H33O5P/c1-14(28-29(26)27)21(15-8-10-19(24)17(12-15)22(2,3)4)16-9-11-20(25)18(13-16)23(5,6)7/h8-14,21,24-27H,1-7H3. The van der Waals surface area contributed by atoms with Crippen LogP contribution >= 0.6 is 8.60 Å². The van der Waals surface area contributed by atoms with Gasteiger partial charge >= 0.3 is 8.60 Å². The van der Waals surface area contributed by atoms with Crippen molar-refractivity contribution in [3.05, 3.63) is 58.7 Å². The van der Waals surface area contributed by atoms with Crippen LogP contribution in [0.2, 0.25) is 0 Å². The molecule has 160 valence electrons. The highest BCUT2D eigenvalue weighted by atomic mass is 31.2. The molecule has 2 aromatic carbocycles. The molecule has 1 atom stereocenters. The van der Waals surface area contributed by atoms with Crippen molar-refractivity contribution in [1.82, 2.24) is 0 Å². The van der Waals surface area contributed by atoms with Gasteiger partial charge in [0.25, 0.3) is 0 Å². The fraction of sp³-hybridized carbons (Fsp3) is 0.478. The summed E-state index contributed by atoms with van der Waals surface area (Å²) in [5, 5.41) is 20.7. The molecule has 0 aliphatic carbocycles. The first-order chi connectivity index (χ1) is 13.2. The molecule has 4 N–H and O–H groups in total. The maximum Gasteiger partial charge on any atom is 0.327 e. The highest BCUT2D eigenvalue weighted by Gasteiger charge is 2.29. The van der Waals surface area contributed by atoms with Gasteiger partial charge in [-0.2, -0.15) is 0 Å². The molecule has 0 aliphatic rings. The zero-order chi connectivity index (χ0) is 22.1. The van der Waals surface area contributed by atoms with E-state index in [1.165, 1.54) is 0 Å². The van der Waals surface area contributed by atoms with Gasteiger partial charge < -0.3 is 24.5 Å². The van der Waals surface area contributed by atoms with Crippen LogP contribution in [0.3, 0.4) is 0 Å². The van der Waals surface area contributed by atoms with Gasteiger partial charge in [-0.1, -0.05) is 65.8 Å². The Labute approximate surface area is 175 Å². The van der Waals surface area contributed by atoms with Crippen molar-refractivity contribution in [1.29, 1.82) is 0 Å². The average molecular weight is 420 g/mol. The van der Waals surface area contributed by atoms with Crippen LogP contribution < -0.4 is 0 Å². The number of phenols is 2. The Morgan fingerprint density at radius 1 is 0.759 bits per heavy atom. The molecule has 29 heavy (non-hydrogen) atoms. The molecule has 0 bridgehead atoms. The van der Waals surface area contributed by atoms with Gasteiger partial charge in [0.05, 0.1) is 6.10 Å². The Kier molecular flexibility index (Phi) is 7.01. The Hall–Kier alpha value is -1.65. The number of hydrogen-bond acceptors (Lipinski definition) is 5. The van der Waals surface area contributed by atoms with E-state index >= 15 is 0 Å². The SMILES string of the molecule is CC(OP(O)O)C(c1ccc(O)c(C(C)(C)C)c1)c1ccc(O)c(C(C)(C)C)c1. The number of rotatable bonds is 5. The van der Waals surface area contributed by atoms with Gasteiger partial charge in [0, 0.05) is 5.92 Å². The molecule has 2 aromatic rings. The van der Waals surface area contributed by atoms with Gasteiger partial charge in [0.1, 0.15) is 11.5 Å². The van der Waals surface area contributed by atoms with Crippen LogP contribution in [-0.2, 0) is 15.4 Å². The lowest BCUT2D eigenvalue weighted by atomic mass is 9.79. The normalized spacial score (nSPS) is 13.9. The van der Waals surface area contributed by atoms with Crippen LogP contribution in [0.5, 0.6) is 11.5 Å². The van der Waals surface area contributed by atoms with E-state index in [2.05, 4.69) is 0 Å². The summed E-state index contributed by atoms with van der Waals surface area (Å²) in [6, 6.07) is 10.9. The minimum atomic E-state index is -2.52. The lowest BCUT2D eigenvalue weighted by Crippen LogP contribution is -2.21. The van der Waals surface area contributed by atoms with Crippen molar-refractivity contribution in [2.45, 2.75) is 71.3 Å². The quantitative estimate of drug-likeness (QED) is 0.484. The maximum atomic E-state index is 10.4. The van der Waals surface area contributed by atoms with E-state index in [-0.39, 0.29) is 28.2 Å². The third-order valence-corrected chi connectivity index (χ3v) is 5.63. The van der Waals surface area contributed by atoms with Crippen molar-refractivity contribution in [2.24, 2.45) is 0 Å². The molecular weight excluding hydrogens is 387 g/mol. The summed E-state index contributed by atoms with van der Waals surface area (Å²) in [4.78, 5) is 18.9. The predicted octanol–water partition coefficient (Wildman–Crippen LogP) is 5.44. The lowest BCUT2D eigenvalue weighted by Gasteiger charge is -2.29.